The Morgan fingerprint density at radius 3 is 2.89 bits per heavy atom. The Morgan fingerprint density at radius 1 is 1.37 bits per heavy atom. The van der Waals surface area contributed by atoms with Gasteiger partial charge in [0.25, 0.3) is 0 Å². The standard InChI is InChI=1S/C15H28N2O2/c1-4-19-15(18)12(2)10-17-9-7-14-13(11-17)6-5-8-16(14)3/h12-14H,4-11H2,1-3H3. The molecule has 0 aromatic carbocycles. The van der Waals surface area contributed by atoms with Crippen molar-refractivity contribution in [2.24, 2.45) is 11.8 Å². The number of carbonyl (C=O) groups excluding carboxylic acids is 1. The SMILES string of the molecule is CCOC(=O)C(C)CN1CCC2C(CCCN2C)C1. The highest BCUT2D eigenvalue weighted by molar-refractivity contribution is 5.72. The second kappa shape index (κ2) is 6.71. The summed E-state index contributed by atoms with van der Waals surface area (Å²) < 4.78 is 5.10. The third-order valence-corrected chi connectivity index (χ3v) is 4.65. The van der Waals surface area contributed by atoms with Crippen LogP contribution in [0.15, 0.2) is 0 Å². The second-order valence-electron chi connectivity index (χ2n) is 6.15. The number of carbonyl (C=O) groups is 1. The zero-order chi connectivity index (χ0) is 13.8. The topological polar surface area (TPSA) is 32.8 Å². The van der Waals surface area contributed by atoms with Crippen LogP contribution in [0.1, 0.15) is 33.1 Å². The first-order valence-corrected chi connectivity index (χ1v) is 7.71. The Balaban J connectivity index is 1.82. The van der Waals surface area contributed by atoms with Crippen molar-refractivity contribution in [3.63, 3.8) is 0 Å². The summed E-state index contributed by atoms with van der Waals surface area (Å²) in [5.74, 6) is 0.741. The third kappa shape index (κ3) is 3.69. The van der Waals surface area contributed by atoms with E-state index in [4.69, 9.17) is 4.74 Å². The van der Waals surface area contributed by atoms with Crippen LogP contribution >= 0.6 is 0 Å². The van der Waals surface area contributed by atoms with Crippen molar-refractivity contribution in [3.8, 4) is 0 Å². The van der Waals surface area contributed by atoms with Gasteiger partial charge in [-0.1, -0.05) is 6.92 Å². The predicted molar refractivity (Wildman–Crippen MR) is 76.0 cm³/mol. The molecule has 0 radical (unpaired) electrons. The van der Waals surface area contributed by atoms with Gasteiger partial charge in [-0.05, 0) is 52.2 Å². The maximum Gasteiger partial charge on any atom is 0.309 e. The minimum Gasteiger partial charge on any atom is -0.466 e. The van der Waals surface area contributed by atoms with Crippen LogP contribution in [0.25, 0.3) is 0 Å². The Kier molecular flexibility index (Phi) is 5.22. The minimum atomic E-state index is -0.0506. The monoisotopic (exact) mass is 268 g/mol. The van der Waals surface area contributed by atoms with E-state index >= 15 is 0 Å². The zero-order valence-corrected chi connectivity index (χ0v) is 12.6. The molecular weight excluding hydrogens is 240 g/mol. The van der Waals surface area contributed by atoms with Crippen LogP contribution in [-0.2, 0) is 9.53 Å². The maximum absolute atomic E-state index is 11.7. The smallest absolute Gasteiger partial charge is 0.309 e. The van der Waals surface area contributed by atoms with Crippen molar-refractivity contribution in [2.45, 2.75) is 39.2 Å². The van der Waals surface area contributed by atoms with Gasteiger partial charge in [-0.15, -0.1) is 0 Å². The third-order valence-electron chi connectivity index (χ3n) is 4.65. The van der Waals surface area contributed by atoms with Gasteiger partial charge in [-0.2, -0.15) is 0 Å². The summed E-state index contributed by atoms with van der Waals surface area (Å²) in [5, 5.41) is 0. The Hall–Kier alpha value is -0.610. The highest BCUT2D eigenvalue weighted by atomic mass is 16.5. The highest BCUT2D eigenvalue weighted by Gasteiger charge is 2.34. The van der Waals surface area contributed by atoms with Crippen LogP contribution in [0.4, 0.5) is 0 Å². The van der Waals surface area contributed by atoms with E-state index < -0.39 is 0 Å². The van der Waals surface area contributed by atoms with E-state index in [2.05, 4.69) is 16.8 Å². The van der Waals surface area contributed by atoms with Gasteiger partial charge in [0.2, 0.25) is 0 Å². The molecule has 3 unspecified atom stereocenters. The van der Waals surface area contributed by atoms with Gasteiger partial charge < -0.3 is 14.5 Å². The molecule has 0 spiro atoms. The molecule has 2 rings (SSSR count). The Morgan fingerprint density at radius 2 is 2.16 bits per heavy atom. The number of fused-ring (bicyclic) bond motifs is 1. The molecule has 0 aliphatic carbocycles. The number of hydrogen-bond donors (Lipinski definition) is 0. The maximum atomic E-state index is 11.7. The fourth-order valence-corrected chi connectivity index (χ4v) is 3.64. The fraction of sp³-hybridized carbons (Fsp3) is 0.933. The van der Waals surface area contributed by atoms with Crippen LogP contribution in [0.5, 0.6) is 0 Å². The van der Waals surface area contributed by atoms with Gasteiger partial charge >= 0.3 is 5.97 Å². The second-order valence-corrected chi connectivity index (χ2v) is 6.15. The number of ether oxygens (including phenoxy) is 1. The lowest BCUT2D eigenvalue weighted by molar-refractivity contribution is -0.148. The summed E-state index contributed by atoms with van der Waals surface area (Å²) in [5.41, 5.74) is 0. The quantitative estimate of drug-likeness (QED) is 0.725. The van der Waals surface area contributed by atoms with Crippen molar-refractivity contribution in [2.75, 3.05) is 39.8 Å². The molecule has 4 heteroatoms. The van der Waals surface area contributed by atoms with Crippen molar-refractivity contribution < 1.29 is 9.53 Å². The number of hydrogen-bond acceptors (Lipinski definition) is 4. The molecule has 0 saturated carbocycles. The molecule has 0 aromatic heterocycles. The van der Waals surface area contributed by atoms with Gasteiger partial charge in [-0.25, -0.2) is 0 Å². The number of esters is 1. The molecule has 4 nitrogen and oxygen atoms in total. The molecule has 0 bridgehead atoms. The van der Waals surface area contributed by atoms with Crippen LogP contribution in [0.3, 0.4) is 0 Å². The van der Waals surface area contributed by atoms with E-state index in [1.807, 2.05) is 13.8 Å². The van der Waals surface area contributed by atoms with Gasteiger partial charge in [0.05, 0.1) is 12.5 Å². The number of rotatable bonds is 4. The molecule has 2 heterocycles. The van der Waals surface area contributed by atoms with Crippen molar-refractivity contribution >= 4 is 5.97 Å². The fourth-order valence-electron chi connectivity index (χ4n) is 3.64. The van der Waals surface area contributed by atoms with E-state index in [1.165, 1.54) is 25.8 Å². The first-order valence-electron chi connectivity index (χ1n) is 7.71. The number of likely N-dealkylation sites (tertiary alicyclic amines) is 2. The zero-order valence-electron chi connectivity index (χ0n) is 12.6. The van der Waals surface area contributed by atoms with Gasteiger partial charge in [0.15, 0.2) is 0 Å². The van der Waals surface area contributed by atoms with Gasteiger partial charge in [0, 0.05) is 19.1 Å². The molecule has 0 amide bonds. The van der Waals surface area contributed by atoms with Crippen molar-refractivity contribution in [1.82, 2.24) is 9.80 Å². The summed E-state index contributed by atoms with van der Waals surface area (Å²) in [6.07, 6.45) is 3.91. The van der Waals surface area contributed by atoms with E-state index in [-0.39, 0.29) is 11.9 Å². The predicted octanol–water partition coefficient (Wildman–Crippen LogP) is 1.60. The first kappa shape index (κ1) is 14.8. The molecule has 2 aliphatic heterocycles. The lowest BCUT2D eigenvalue weighted by atomic mass is 9.84. The molecule has 2 aliphatic rings. The van der Waals surface area contributed by atoms with Gasteiger partial charge in [0.1, 0.15) is 0 Å². The molecule has 3 atom stereocenters. The lowest BCUT2D eigenvalue weighted by Gasteiger charge is -2.46. The molecule has 0 N–H and O–H groups in total. The van der Waals surface area contributed by atoms with E-state index in [1.54, 1.807) is 0 Å². The van der Waals surface area contributed by atoms with Gasteiger partial charge in [-0.3, -0.25) is 4.79 Å². The molecule has 0 aromatic rings. The number of piperidine rings is 2. The van der Waals surface area contributed by atoms with Crippen molar-refractivity contribution in [3.05, 3.63) is 0 Å². The van der Waals surface area contributed by atoms with Crippen LogP contribution in [-0.4, -0.2) is 61.6 Å². The Bertz CT molecular complexity index is 309. The van der Waals surface area contributed by atoms with E-state index in [0.717, 1.165) is 31.6 Å². The lowest BCUT2D eigenvalue weighted by Crippen LogP contribution is -2.53. The molecule has 2 saturated heterocycles. The molecular formula is C15H28N2O2. The summed E-state index contributed by atoms with van der Waals surface area (Å²) in [6.45, 7) is 8.71. The summed E-state index contributed by atoms with van der Waals surface area (Å²) in [7, 11) is 2.26. The normalized spacial score (nSPS) is 30.7. The van der Waals surface area contributed by atoms with E-state index in [9.17, 15) is 4.79 Å². The molecule has 2 fully saturated rings. The van der Waals surface area contributed by atoms with Crippen LogP contribution in [0.2, 0.25) is 0 Å². The number of nitrogens with zero attached hydrogens (tertiary/aromatic N) is 2. The minimum absolute atomic E-state index is 0.00202. The molecule has 110 valence electrons. The first-order chi connectivity index (χ1) is 9.11. The summed E-state index contributed by atoms with van der Waals surface area (Å²) in [4.78, 5) is 16.7. The van der Waals surface area contributed by atoms with E-state index in [0.29, 0.717) is 6.61 Å². The van der Waals surface area contributed by atoms with Crippen LogP contribution in [0, 0.1) is 11.8 Å². The summed E-state index contributed by atoms with van der Waals surface area (Å²) >= 11 is 0. The average Bonchev–Trinajstić information content (AvgIpc) is 2.39. The summed E-state index contributed by atoms with van der Waals surface area (Å²) in [6, 6.07) is 0.767. The largest absolute Gasteiger partial charge is 0.466 e. The highest BCUT2D eigenvalue weighted by Crippen LogP contribution is 2.29. The van der Waals surface area contributed by atoms with Crippen LogP contribution < -0.4 is 0 Å². The average molecular weight is 268 g/mol. The molecule has 19 heavy (non-hydrogen) atoms. The Labute approximate surface area is 117 Å². The van der Waals surface area contributed by atoms with Crippen molar-refractivity contribution in [1.29, 1.82) is 0 Å².